The third-order valence-corrected chi connectivity index (χ3v) is 3.67. The van der Waals surface area contributed by atoms with Gasteiger partial charge in [-0.1, -0.05) is 30.3 Å². The van der Waals surface area contributed by atoms with E-state index in [1.807, 2.05) is 30.0 Å². The normalized spacial score (nSPS) is 21.3. The maximum absolute atomic E-state index is 12.4. The van der Waals surface area contributed by atoms with Gasteiger partial charge < -0.3 is 15.4 Å². The van der Waals surface area contributed by atoms with Gasteiger partial charge in [-0.2, -0.15) is 0 Å². The average Bonchev–Trinajstić information content (AvgIpc) is 2.69. The van der Waals surface area contributed by atoms with E-state index in [2.05, 4.69) is 12.1 Å². The van der Waals surface area contributed by atoms with Crippen LogP contribution in [0.3, 0.4) is 0 Å². The lowest BCUT2D eigenvalue weighted by Gasteiger charge is -2.25. The van der Waals surface area contributed by atoms with E-state index in [1.165, 1.54) is 5.56 Å². The molecule has 110 valence electrons. The van der Waals surface area contributed by atoms with Gasteiger partial charge in [-0.25, -0.2) is 0 Å². The molecule has 1 saturated heterocycles. The summed E-state index contributed by atoms with van der Waals surface area (Å²) in [4.78, 5) is 14.2. The first-order valence-corrected chi connectivity index (χ1v) is 7.36. The maximum atomic E-state index is 12.4. The van der Waals surface area contributed by atoms with E-state index >= 15 is 0 Å². The van der Waals surface area contributed by atoms with Crippen LogP contribution in [-0.2, 0) is 16.0 Å². The van der Waals surface area contributed by atoms with E-state index in [-0.39, 0.29) is 12.0 Å². The number of amides is 1. The van der Waals surface area contributed by atoms with Crippen LogP contribution in [0.15, 0.2) is 30.3 Å². The molecular weight excluding hydrogens is 252 g/mol. The van der Waals surface area contributed by atoms with Crippen molar-refractivity contribution in [1.29, 1.82) is 0 Å². The van der Waals surface area contributed by atoms with Gasteiger partial charge in [-0.15, -0.1) is 0 Å². The number of nitrogens with zero attached hydrogens (tertiary/aromatic N) is 1. The Hall–Kier alpha value is -1.39. The van der Waals surface area contributed by atoms with Gasteiger partial charge in [0.1, 0.15) is 0 Å². The average molecular weight is 276 g/mol. The lowest BCUT2D eigenvalue weighted by molar-refractivity contribution is -0.133. The van der Waals surface area contributed by atoms with E-state index in [9.17, 15) is 4.79 Å². The highest BCUT2D eigenvalue weighted by molar-refractivity contribution is 5.81. The van der Waals surface area contributed by atoms with Crippen molar-refractivity contribution in [2.45, 2.75) is 38.3 Å². The fourth-order valence-electron chi connectivity index (χ4n) is 2.52. The molecule has 1 unspecified atom stereocenters. The van der Waals surface area contributed by atoms with Crippen molar-refractivity contribution in [1.82, 2.24) is 4.90 Å². The molecule has 0 bridgehead atoms. The van der Waals surface area contributed by atoms with Gasteiger partial charge in [0.2, 0.25) is 5.91 Å². The molecule has 0 saturated carbocycles. The molecule has 20 heavy (non-hydrogen) atoms. The number of aryl methyl sites for hydroxylation is 1. The predicted molar refractivity (Wildman–Crippen MR) is 79.3 cm³/mol. The first-order chi connectivity index (χ1) is 9.66. The Morgan fingerprint density at radius 1 is 1.45 bits per heavy atom. The Morgan fingerprint density at radius 2 is 2.20 bits per heavy atom. The Balaban J connectivity index is 1.84. The van der Waals surface area contributed by atoms with Crippen molar-refractivity contribution in [3.63, 3.8) is 0 Å². The summed E-state index contributed by atoms with van der Waals surface area (Å²) in [5, 5.41) is 0. The zero-order chi connectivity index (χ0) is 14.4. The topological polar surface area (TPSA) is 55.6 Å². The molecule has 2 N–H and O–H groups in total. The molecule has 0 aromatic heterocycles. The zero-order valence-electron chi connectivity index (χ0n) is 12.1. The molecule has 1 aromatic rings. The van der Waals surface area contributed by atoms with Gasteiger partial charge in [-0.3, -0.25) is 4.79 Å². The van der Waals surface area contributed by atoms with Crippen LogP contribution in [-0.4, -0.2) is 42.6 Å². The van der Waals surface area contributed by atoms with Gasteiger partial charge in [0, 0.05) is 19.7 Å². The Bertz CT molecular complexity index is 422. The van der Waals surface area contributed by atoms with Crippen LogP contribution in [0.4, 0.5) is 0 Å². The highest BCUT2D eigenvalue weighted by atomic mass is 16.5. The molecule has 1 aliphatic heterocycles. The smallest absolute Gasteiger partial charge is 0.239 e. The van der Waals surface area contributed by atoms with Crippen LogP contribution in [0.1, 0.15) is 25.3 Å². The maximum Gasteiger partial charge on any atom is 0.239 e. The fraction of sp³-hybridized carbons (Fsp3) is 0.562. The third-order valence-electron chi connectivity index (χ3n) is 3.67. The van der Waals surface area contributed by atoms with Gasteiger partial charge in [0.25, 0.3) is 0 Å². The molecule has 2 rings (SSSR count). The number of carbonyl (C=O) groups excluding carboxylic acids is 1. The van der Waals surface area contributed by atoms with Crippen molar-refractivity contribution in [2.75, 3.05) is 19.7 Å². The first-order valence-electron chi connectivity index (χ1n) is 7.36. The molecule has 0 aliphatic carbocycles. The van der Waals surface area contributed by atoms with E-state index in [0.29, 0.717) is 13.0 Å². The molecule has 0 radical (unpaired) electrons. The summed E-state index contributed by atoms with van der Waals surface area (Å²) in [6.45, 7) is 4.13. The number of rotatable bonds is 4. The van der Waals surface area contributed by atoms with Crippen LogP contribution in [0.2, 0.25) is 0 Å². The van der Waals surface area contributed by atoms with Crippen molar-refractivity contribution >= 4 is 5.91 Å². The van der Waals surface area contributed by atoms with Crippen LogP contribution >= 0.6 is 0 Å². The first kappa shape index (κ1) is 15.0. The van der Waals surface area contributed by atoms with Crippen LogP contribution < -0.4 is 5.73 Å². The van der Waals surface area contributed by atoms with Crippen molar-refractivity contribution in [3.8, 4) is 0 Å². The molecule has 4 heteroatoms. The Kier molecular flexibility index (Phi) is 5.56. The highest BCUT2D eigenvalue weighted by Gasteiger charge is 2.24. The highest BCUT2D eigenvalue weighted by Crippen LogP contribution is 2.10. The van der Waals surface area contributed by atoms with E-state index < -0.39 is 6.04 Å². The second kappa shape index (κ2) is 7.41. The second-order valence-electron chi connectivity index (χ2n) is 5.45. The molecule has 1 aliphatic rings. The number of benzene rings is 1. The fourth-order valence-corrected chi connectivity index (χ4v) is 2.52. The van der Waals surface area contributed by atoms with Crippen LogP contribution in [0.25, 0.3) is 0 Å². The SMILES string of the molecule is CC1CN(C(=O)[C@@H](N)CCc2ccccc2)CCCO1. The van der Waals surface area contributed by atoms with Gasteiger partial charge in [-0.05, 0) is 31.7 Å². The lowest BCUT2D eigenvalue weighted by Crippen LogP contribution is -2.46. The van der Waals surface area contributed by atoms with Gasteiger partial charge in [0.15, 0.2) is 0 Å². The zero-order valence-corrected chi connectivity index (χ0v) is 12.1. The largest absolute Gasteiger partial charge is 0.377 e. The van der Waals surface area contributed by atoms with E-state index in [1.54, 1.807) is 0 Å². The summed E-state index contributed by atoms with van der Waals surface area (Å²) in [5.41, 5.74) is 7.29. The number of carbonyl (C=O) groups is 1. The van der Waals surface area contributed by atoms with Gasteiger partial charge in [0.05, 0.1) is 12.1 Å². The minimum atomic E-state index is -0.416. The van der Waals surface area contributed by atoms with Crippen molar-refractivity contribution < 1.29 is 9.53 Å². The predicted octanol–water partition coefficient (Wildman–Crippen LogP) is 1.58. The van der Waals surface area contributed by atoms with E-state index in [4.69, 9.17) is 10.5 Å². The van der Waals surface area contributed by atoms with Crippen molar-refractivity contribution in [2.24, 2.45) is 5.73 Å². The van der Waals surface area contributed by atoms with Crippen LogP contribution in [0, 0.1) is 0 Å². The quantitative estimate of drug-likeness (QED) is 0.908. The molecule has 1 fully saturated rings. The summed E-state index contributed by atoms with van der Waals surface area (Å²) in [6.07, 6.45) is 2.52. The Labute approximate surface area is 120 Å². The summed E-state index contributed by atoms with van der Waals surface area (Å²) in [7, 11) is 0. The number of ether oxygens (including phenoxy) is 1. The van der Waals surface area contributed by atoms with Crippen LogP contribution in [0.5, 0.6) is 0 Å². The lowest BCUT2D eigenvalue weighted by atomic mass is 10.0. The van der Waals surface area contributed by atoms with Gasteiger partial charge >= 0.3 is 0 Å². The second-order valence-corrected chi connectivity index (χ2v) is 5.45. The minimum absolute atomic E-state index is 0.0540. The van der Waals surface area contributed by atoms with Crippen molar-refractivity contribution in [3.05, 3.63) is 35.9 Å². The third kappa shape index (κ3) is 4.32. The molecule has 1 aromatic carbocycles. The summed E-state index contributed by atoms with van der Waals surface area (Å²) < 4.78 is 5.56. The number of hydrogen-bond donors (Lipinski definition) is 1. The molecule has 4 nitrogen and oxygen atoms in total. The number of hydrogen-bond acceptors (Lipinski definition) is 3. The summed E-state index contributed by atoms with van der Waals surface area (Å²) >= 11 is 0. The number of nitrogens with two attached hydrogens (primary N) is 1. The Morgan fingerprint density at radius 3 is 2.95 bits per heavy atom. The molecule has 0 spiro atoms. The molecular formula is C16H24N2O2. The molecule has 1 amide bonds. The molecule has 2 atom stereocenters. The molecule has 1 heterocycles. The summed E-state index contributed by atoms with van der Waals surface area (Å²) in [5.74, 6) is 0.0540. The standard InChI is InChI=1S/C16H24N2O2/c1-13-12-18(10-5-11-20-13)16(19)15(17)9-8-14-6-3-2-4-7-14/h2-4,6-7,13,15H,5,8-12,17H2,1H3/t13?,15-/m0/s1. The van der Waals surface area contributed by atoms with E-state index in [0.717, 1.165) is 26.0 Å². The monoisotopic (exact) mass is 276 g/mol. The summed E-state index contributed by atoms with van der Waals surface area (Å²) in [6, 6.07) is 9.73. The minimum Gasteiger partial charge on any atom is -0.377 e.